The average molecular weight is 195 g/mol. The standard InChI is InChI=1S/C12H18FN/c1-9(2)3-4-10-11-7-14(6-5-13)8-12(10)11/h9-12H,5-8H2,1-2H3/t10?,11-,12+. The normalized spacial score (nSPS) is 35.3. The van der Waals surface area contributed by atoms with Gasteiger partial charge in [-0.25, -0.2) is 4.39 Å². The lowest BCUT2D eigenvalue weighted by molar-refractivity contribution is 0.266. The van der Waals surface area contributed by atoms with E-state index in [-0.39, 0.29) is 6.67 Å². The zero-order chi connectivity index (χ0) is 10.1. The van der Waals surface area contributed by atoms with E-state index < -0.39 is 0 Å². The van der Waals surface area contributed by atoms with E-state index in [4.69, 9.17) is 0 Å². The van der Waals surface area contributed by atoms with E-state index in [1.165, 1.54) is 0 Å². The molecule has 0 bridgehead atoms. The van der Waals surface area contributed by atoms with Crippen molar-refractivity contribution in [2.24, 2.45) is 23.7 Å². The highest BCUT2D eigenvalue weighted by Crippen LogP contribution is 2.51. The third-order valence-corrected chi connectivity index (χ3v) is 3.21. The Morgan fingerprint density at radius 1 is 1.36 bits per heavy atom. The fourth-order valence-corrected chi connectivity index (χ4v) is 2.39. The van der Waals surface area contributed by atoms with Crippen LogP contribution in [0.3, 0.4) is 0 Å². The SMILES string of the molecule is CC(C)C#CC1[C@H]2CN(CCF)C[C@@H]12. The second-order valence-electron chi connectivity index (χ2n) is 4.75. The van der Waals surface area contributed by atoms with Gasteiger partial charge in [0.05, 0.1) is 0 Å². The molecule has 3 atom stereocenters. The quantitative estimate of drug-likeness (QED) is 0.607. The Labute approximate surface area is 85.7 Å². The minimum atomic E-state index is -0.207. The molecule has 1 saturated heterocycles. The van der Waals surface area contributed by atoms with Crippen molar-refractivity contribution < 1.29 is 4.39 Å². The molecule has 1 saturated carbocycles. The highest BCUT2D eigenvalue weighted by Gasteiger charge is 2.54. The van der Waals surface area contributed by atoms with Crippen LogP contribution in [0.5, 0.6) is 0 Å². The van der Waals surface area contributed by atoms with Crippen molar-refractivity contribution in [3.63, 3.8) is 0 Å². The smallest absolute Gasteiger partial charge is 0.102 e. The molecular weight excluding hydrogens is 177 g/mol. The summed E-state index contributed by atoms with van der Waals surface area (Å²) in [4.78, 5) is 2.23. The van der Waals surface area contributed by atoms with Crippen LogP contribution < -0.4 is 0 Å². The second kappa shape index (κ2) is 3.90. The molecule has 0 radical (unpaired) electrons. The van der Waals surface area contributed by atoms with Gasteiger partial charge in [-0.15, -0.1) is 5.92 Å². The number of alkyl halides is 1. The molecule has 2 aliphatic rings. The Bertz CT molecular complexity index is 251. The average Bonchev–Trinajstić information content (AvgIpc) is 2.56. The number of piperidine rings is 1. The molecule has 2 fully saturated rings. The fourth-order valence-electron chi connectivity index (χ4n) is 2.39. The minimum Gasteiger partial charge on any atom is -0.300 e. The first-order chi connectivity index (χ1) is 6.72. The van der Waals surface area contributed by atoms with E-state index in [0.29, 0.717) is 18.4 Å². The van der Waals surface area contributed by atoms with Crippen molar-refractivity contribution in [2.45, 2.75) is 13.8 Å². The van der Waals surface area contributed by atoms with Crippen molar-refractivity contribution in [2.75, 3.05) is 26.3 Å². The van der Waals surface area contributed by atoms with Crippen LogP contribution in [-0.2, 0) is 0 Å². The molecule has 0 aromatic heterocycles. The van der Waals surface area contributed by atoms with E-state index in [1.807, 2.05) is 0 Å². The number of fused-ring (bicyclic) bond motifs is 1. The van der Waals surface area contributed by atoms with Gasteiger partial charge in [0.15, 0.2) is 0 Å². The third kappa shape index (κ3) is 1.93. The summed E-state index contributed by atoms with van der Waals surface area (Å²) in [6, 6.07) is 0. The maximum Gasteiger partial charge on any atom is 0.102 e. The summed E-state index contributed by atoms with van der Waals surface area (Å²) in [6.45, 7) is 6.82. The van der Waals surface area contributed by atoms with Crippen LogP contribution >= 0.6 is 0 Å². The van der Waals surface area contributed by atoms with Gasteiger partial charge in [0.1, 0.15) is 6.67 Å². The van der Waals surface area contributed by atoms with Gasteiger partial charge in [0.25, 0.3) is 0 Å². The molecule has 1 aliphatic heterocycles. The maximum atomic E-state index is 12.1. The molecule has 1 unspecified atom stereocenters. The lowest BCUT2D eigenvalue weighted by Gasteiger charge is -2.15. The number of rotatable bonds is 2. The number of halogens is 1. The first-order valence-corrected chi connectivity index (χ1v) is 5.51. The molecule has 1 nitrogen and oxygen atoms in total. The van der Waals surface area contributed by atoms with Crippen molar-refractivity contribution in [3.05, 3.63) is 0 Å². The van der Waals surface area contributed by atoms with Crippen molar-refractivity contribution >= 4 is 0 Å². The molecule has 0 N–H and O–H groups in total. The van der Waals surface area contributed by atoms with Gasteiger partial charge in [-0.05, 0) is 11.8 Å². The Morgan fingerprint density at radius 3 is 2.50 bits per heavy atom. The molecule has 0 amide bonds. The highest BCUT2D eigenvalue weighted by atomic mass is 19.1. The van der Waals surface area contributed by atoms with Crippen LogP contribution in [0.4, 0.5) is 4.39 Å². The fraction of sp³-hybridized carbons (Fsp3) is 0.833. The van der Waals surface area contributed by atoms with Crippen LogP contribution in [0.15, 0.2) is 0 Å². The van der Waals surface area contributed by atoms with Crippen molar-refractivity contribution in [1.82, 2.24) is 4.90 Å². The van der Waals surface area contributed by atoms with Crippen LogP contribution in [0.1, 0.15) is 13.8 Å². The van der Waals surface area contributed by atoms with Crippen LogP contribution in [-0.4, -0.2) is 31.2 Å². The van der Waals surface area contributed by atoms with Gasteiger partial charge < -0.3 is 4.90 Å². The van der Waals surface area contributed by atoms with Gasteiger partial charge in [0.2, 0.25) is 0 Å². The summed E-state index contributed by atoms with van der Waals surface area (Å²) in [5.41, 5.74) is 0. The molecule has 78 valence electrons. The monoisotopic (exact) mass is 195 g/mol. The van der Waals surface area contributed by atoms with E-state index in [2.05, 4.69) is 30.6 Å². The molecule has 1 heterocycles. The summed E-state index contributed by atoms with van der Waals surface area (Å²) in [5.74, 6) is 9.22. The van der Waals surface area contributed by atoms with Crippen molar-refractivity contribution in [3.8, 4) is 11.8 Å². The molecule has 0 spiro atoms. The van der Waals surface area contributed by atoms with E-state index in [0.717, 1.165) is 24.9 Å². The first kappa shape index (κ1) is 9.98. The predicted molar refractivity (Wildman–Crippen MR) is 55.5 cm³/mol. The number of hydrogen-bond acceptors (Lipinski definition) is 1. The first-order valence-electron chi connectivity index (χ1n) is 5.51. The zero-order valence-electron chi connectivity index (χ0n) is 8.96. The molecule has 2 heteroatoms. The Hall–Kier alpha value is -0.550. The number of hydrogen-bond donors (Lipinski definition) is 0. The minimum absolute atomic E-state index is 0.207. The second-order valence-corrected chi connectivity index (χ2v) is 4.75. The van der Waals surface area contributed by atoms with Gasteiger partial charge in [-0.2, -0.15) is 0 Å². The summed E-state index contributed by atoms with van der Waals surface area (Å²) >= 11 is 0. The largest absolute Gasteiger partial charge is 0.300 e. The number of likely N-dealkylation sites (tertiary alicyclic amines) is 1. The van der Waals surface area contributed by atoms with Crippen LogP contribution in [0, 0.1) is 35.5 Å². The predicted octanol–water partition coefficient (Wildman–Crippen LogP) is 1.79. The maximum absolute atomic E-state index is 12.1. The van der Waals surface area contributed by atoms with Crippen LogP contribution in [0.2, 0.25) is 0 Å². The third-order valence-electron chi connectivity index (χ3n) is 3.21. The Balaban J connectivity index is 1.78. The summed E-state index contributed by atoms with van der Waals surface area (Å²) in [7, 11) is 0. The van der Waals surface area contributed by atoms with Gasteiger partial charge in [-0.1, -0.05) is 19.8 Å². The van der Waals surface area contributed by atoms with Gasteiger partial charge in [0, 0.05) is 31.5 Å². The lowest BCUT2D eigenvalue weighted by atomic mass is 10.2. The van der Waals surface area contributed by atoms with E-state index >= 15 is 0 Å². The summed E-state index contributed by atoms with van der Waals surface area (Å²) < 4.78 is 12.1. The van der Waals surface area contributed by atoms with Crippen molar-refractivity contribution in [1.29, 1.82) is 0 Å². The van der Waals surface area contributed by atoms with E-state index in [9.17, 15) is 4.39 Å². The Kier molecular flexibility index (Phi) is 2.78. The highest BCUT2D eigenvalue weighted by molar-refractivity contribution is 5.21. The van der Waals surface area contributed by atoms with Crippen LogP contribution in [0.25, 0.3) is 0 Å². The number of nitrogens with zero attached hydrogens (tertiary/aromatic N) is 1. The molecule has 1 aliphatic carbocycles. The lowest BCUT2D eigenvalue weighted by Crippen LogP contribution is -2.26. The van der Waals surface area contributed by atoms with E-state index in [1.54, 1.807) is 0 Å². The summed E-state index contributed by atoms with van der Waals surface area (Å²) in [5, 5.41) is 0. The van der Waals surface area contributed by atoms with Gasteiger partial charge >= 0.3 is 0 Å². The summed E-state index contributed by atoms with van der Waals surface area (Å²) in [6.07, 6.45) is 0. The Morgan fingerprint density at radius 2 is 2.00 bits per heavy atom. The van der Waals surface area contributed by atoms with Gasteiger partial charge in [-0.3, -0.25) is 0 Å². The molecular formula is C12H18FN. The molecule has 0 aromatic carbocycles. The molecule has 14 heavy (non-hydrogen) atoms. The zero-order valence-corrected chi connectivity index (χ0v) is 8.96. The molecule has 0 aromatic rings. The topological polar surface area (TPSA) is 3.24 Å². The molecule has 2 rings (SSSR count).